The lowest BCUT2D eigenvalue weighted by atomic mass is 9.98. The van der Waals surface area contributed by atoms with Crippen LogP contribution in [0.3, 0.4) is 0 Å². The molecule has 1 unspecified atom stereocenters. The molecule has 1 aromatic rings. The van der Waals surface area contributed by atoms with Crippen molar-refractivity contribution in [3.8, 4) is 11.5 Å². The number of esters is 1. The molecule has 0 aromatic heterocycles. The van der Waals surface area contributed by atoms with E-state index < -0.39 is 11.9 Å². The van der Waals surface area contributed by atoms with Gasteiger partial charge in [0.25, 0.3) is 0 Å². The lowest BCUT2D eigenvalue weighted by Crippen LogP contribution is -2.22. The third-order valence-corrected chi connectivity index (χ3v) is 2.62. The molecular formula is C13H16O5. The Hall–Kier alpha value is -2.04. The quantitative estimate of drug-likeness (QED) is 0.453. The number of methoxy groups -OCH3 is 3. The van der Waals surface area contributed by atoms with Crippen LogP contribution in [0.5, 0.6) is 11.5 Å². The minimum atomic E-state index is -0.879. The zero-order chi connectivity index (χ0) is 13.7. The van der Waals surface area contributed by atoms with Gasteiger partial charge >= 0.3 is 5.97 Å². The highest BCUT2D eigenvalue weighted by Gasteiger charge is 2.26. The molecule has 18 heavy (non-hydrogen) atoms. The molecule has 1 atom stereocenters. The molecule has 0 aliphatic rings. The summed E-state index contributed by atoms with van der Waals surface area (Å²) in [6.45, 7) is 1.49. The van der Waals surface area contributed by atoms with Crippen molar-refractivity contribution >= 4 is 11.8 Å². The predicted molar refractivity (Wildman–Crippen MR) is 65.1 cm³/mol. The van der Waals surface area contributed by atoms with E-state index in [-0.39, 0.29) is 5.78 Å². The fourth-order valence-corrected chi connectivity index (χ4v) is 1.52. The fourth-order valence-electron chi connectivity index (χ4n) is 1.52. The molecule has 0 radical (unpaired) electrons. The number of ketones is 1. The van der Waals surface area contributed by atoms with Gasteiger partial charge in [-0.25, -0.2) is 0 Å². The van der Waals surface area contributed by atoms with Crippen LogP contribution in [0.1, 0.15) is 17.3 Å². The van der Waals surface area contributed by atoms with E-state index in [0.29, 0.717) is 17.1 Å². The van der Waals surface area contributed by atoms with Crippen LogP contribution in [0.4, 0.5) is 0 Å². The first kappa shape index (κ1) is 14.0. The van der Waals surface area contributed by atoms with Gasteiger partial charge in [0, 0.05) is 0 Å². The molecule has 0 spiro atoms. The summed E-state index contributed by atoms with van der Waals surface area (Å²) >= 11 is 0. The van der Waals surface area contributed by atoms with Gasteiger partial charge in [-0.1, -0.05) is 0 Å². The van der Waals surface area contributed by atoms with E-state index in [1.54, 1.807) is 18.2 Å². The third kappa shape index (κ3) is 2.80. The van der Waals surface area contributed by atoms with Crippen molar-refractivity contribution in [1.29, 1.82) is 0 Å². The van der Waals surface area contributed by atoms with Crippen LogP contribution in [0, 0.1) is 5.92 Å². The normalized spacial score (nSPS) is 11.6. The van der Waals surface area contributed by atoms with Crippen LogP contribution in [-0.4, -0.2) is 33.1 Å². The highest BCUT2D eigenvalue weighted by Crippen LogP contribution is 2.26. The second-order valence-corrected chi connectivity index (χ2v) is 3.68. The Morgan fingerprint density at radius 3 is 2.28 bits per heavy atom. The van der Waals surface area contributed by atoms with Crippen LogP contribution in [0.25, 0.3) is 0 Å². The van der Waals surface area contributed by atoms with E-state index in [9.17, 15) is 9.59 Å². The average Bonchev–Trinajstić information content (AvgIpc) is 2.43. The van der Waals surface area contributed by atoms with Crippen LogP contribution in [0.2, 0.25) is 0 Å². The van der Waals surface area contributed by atoms with Crippen LogP contribution in [0.15, 0.2) is 18.2 Å². The number of ether oxygens (including phenoxy) is 3. The Kier molecular flexibility index (Phi) is 4.71. The van der Waals surface area contributed by atoms with Crippen molar-refractivity contribution in [3.05, 3.63) is 23.8 Å². The summed E-state index contributed by atoms with van der Waals surface area (Å²) in [5.74, 6) is -0.897. The van der Waals surface area contributed by atoms with E-state index in [2.05, 4.69) is 4.74 Å². The molecule has 0 saturated heterocycles. The minimum Gasteiger partial charge on any atom is -0.497 e. The standard InChI is InChI=1S/C13H16O5/c1-8(13(15)18-4)12(14)10-7-9(16-2)5-6-11(10)17-3/h5-8H,1-4H3. The van der Waals surface area contributed by atoms with E-state index in [1.165, 1.54) is 28.3 Å². The molecule has 0 bridgehead atoms. The maximum atomic E-state index is 12.2. The van der Waals surface area contributed by atoms with Gasteiger partial charge in [-0.05, 0) is 25.1 Å². The number of carbonyl (C=O) groups is 2. The van der Waals surface area contributed by atoms with Crippen LogP contribution in [-0.2, 0) is 9.53 Å². The van der Waals surface area contributed by atoms with Gasteiger partial charge in [0.05, 0.1) is 26.9 Å². The summed E-state index contributed by atoms with van der Waals surface area (Å²) in [5, 5.41) is 0. The summed E-state index contributed by atoms with van der Waals surface area (Å²) in [6, 6.07) is 4.84. The third-order valence-electron chi connectivity index (χ3n) is 2.62. The second-order valence-electron chi connectivity index (χ2n) is 3.68. The fraction of sp³-hybridized carbons (Fsp3) is 0.385. The molecule has 0 fully saturated rings. The van der Waals surface area contributed by atoms with E-state index in [4.69, 9.17) is 9.47 Å². The summed E-state index contributed by atoms with van der Waals surface area (Å²) in [6.07, 6.45) is 0. The highest BCUT2D eigenvalue weighted by molar-refractivity contribution is 6.10. The Labute approximate surface area is 106 Å². The number of hydrogen-bond acceptors (Lipinski definition) is 5. The Morgan fingerprint density at radius 1 is 1.11 bits per heavy atom. The second kappa shape index (κ2) is 6.05. The lowest BCUT2D eigenvalue weighted by molar-refractivity contribution is -0.143. The molecule has 0 N–H and O–H groups in total. The summed E-state index contributed by atoms with van der Waals surface area (Å²) in [4.78, 5) is 23.5. The van der Waals surface area contributed by atoms with Gasteiger partial charge in [0.2, 0.25) is 0 Å². The van der Waals surface area contributed by atoms with Gasteiger partial charge in [-0.3, -0.25) is 9.59 Å². The molecule has 0 amide bonds. The molecule has 5 heteroatoms. The first-order valence-corrected chi connectivity index (χ1v) is 5.39. The van der Waals surface area contributed by atoms with Crippen molar-refractivity contribution < 1.29 is 23.8 Å². The molecule has 0 heterocycles. The van der Waals surface area contributed by atoms with E-state index in [1.807, 2.05) is 0 Å². The van der Waals surface area contributed by atoms with Crippen molar-refractivity contribution in [1.82, 2.24) is 0 Å². The number of hydrogen-bond donors (Lipinski definition) is 0. The van der Waals surface area contributed by atoms with Gasteiger partial charge in [0.15, 0.2) is 5.78 Å². The largest absolute Gasteiger partial charge is 0.497 e. The zero-order valence-corrected chi connectivity index (χ0v) is 10.9. The first-order chi connectivity index (χ1) is 8.54. The maximum absolute atomic E-state index is 12.2. The topological polar surface area (TPSA) is 61.8 Å². The lowest BCUT2D eigenvalue weighted by Gasteiger charge is -2.12. The molecule has 1 rings (SSSR count). The molecule has 0 aliphatic carbocycles. The monoisotopic (exact) mass is 252 g/mol. The molecule has 1 aromatic carbocycles. The summed E-state index contributed by atoms with van der Waals surface area (Å²) in [5.41, 5.74) is 0.301. The molecular weight excluding hydrogens is 236 g/mol. The smallest absolute Gasteiger partial charge is 0.316 e. The zero-order valence-electron chi connectivity index (χ0n) is 10.9. The van der Waals surface area contributed by atoms with Crippen molar-refractivity contribution in [2.75, 3.05) is 21.3 Å². The highest BCUT2D eigenvalue weighted by atomic mass is 16.5. The Balaban J connectivity index is 3.13. The van der Waals surface area contributed by atoms with Crippen molar-refractivity contribution in [3.63, 3.8) is 0 Å². The average molecular weight is 252 g/mol. The SMILES string of the molecule is COC(=O)C(C)C(=O)c1cc(OC)ccc1OC. The van der Waals surface area contributed by atoms with E-state index in [0.717, 1.165) is 0 Å². The number of carbonyl (C=O) groups excluding carboxylic acids is 2. The van der Waals surface area contributed by atoms with Gasteiger partial charge in [0.1, 0.15) is 17.4 Å². The molecule has 0 aliphatic heterocycles. The predicted octanol–water partition coefficient (Wildman–Crippen LogP) is 1.70. The van der Waals surface area contributed by atoms with Crippen molar-refractivity contribution in [2.24, 2.45) is 5.92 Å². The number of rotatable bonds is 5. The Morgan fingerprint density at radius 2 is 1.78 bits per heavy atom. The molecule has 0 saturated carbocycles. The van der Waals surface area contributed by atoms with Gasteiger partial charge < -0.3 is 14.2 Å². The van der Waals surface area contributed by atoms with E-state index >= 15 is 0 Å². The minimum absolute atomic E-state index is 0.301. The van der Waals surface area contributed by atoms with Gasteiger partial charge in [-0.15, -0.1) is 0 Å². The Bertz CT molecular complexity index is 453. The first-order valence-electron chi connectivity index (χ1n) is 5.39. The number of Topliss-reactive ketones (excluding diaryl/α,β-unsaturated/α-hetero) is 1. The van der Waals surface area contributed by atoms with Gasteiger partial charge in [-0.2, -0.15) is 0 Å². The summed E-state index contributed by atoms with van der Waals surface area (Å²) < 4.78 is 14.7. The van der Waals surface area contributed by atoms with Crippen LogP contribution >= 0.6 is 0 Å². The summed E-state index contributed by atoms with van der Waals surface area (Å²) in [7, 11) is 4.20. The van der Waals surface area contributed by atoms with Crippen LogP contribution < -0.4 is 9.47 Å². The number of benzene rings is 1. The van der Waals surface area contributed by atoms with Crippen molar-refractivity contribution in [2.45, 2.75) is 6.92 Å². The molecule has 98 valence electrons. The maximum Gasteiger partial charge on any atom is 0.316 e. The molecule has 5 nitrogen and oxygen atoms in total.